The standard InChI is InChI=1S/C10H13N5O2/c1-7-11-4-8(10(16)17-3)15(7)5-9-13-12-6-14(9)2/h4,6H,5H2,1-3H3. The van der Waals surface area contributed by atoms with Gasteiger partial charge in [0.15, 0.2) is 5.82 Å². The van der Waals surface area contributed by atoms with Gasteiger partial charge >= 0.3 is 5.97 Å². The van der Waals surface area contributed by atoms with Crippen molar-refractivity contribution in [2.75, 3.05) is 7.11 Å². The van der Waals surface area contributed by atoms with Crippen LogP contribution < -0.4 is 0 Å². The highest BCUT2D eigenvalue weighted by atomic mass is 16.5. The number of methoxy groups -OCH3 is 1. The molecule has 7 nitrogen and oxygen atoms in total. The van der Waals surface area contributed by atoms with Gasteiger partial charge in [-0.1, -0.05) is 0 Å². The van der Waals surface area contributed by atoms with Gasteiger partial charge < -0.3 is 13.9 Å². The third-order valence-electron chi connectivity index (χ3n) is 2.55. The van der Waals surface area contributed by atoms with Crippen LogP contribution in [0.25, 0.3) is 0 Å². The quantitative estimate of drug-likeness (QED) is 0.708. The van der Waals surface area contributed by atoms with Crippen LogP contribution in [0.4, 0.5) is 0 Å². The summed E-state index contributed by atoms with van der Waals surface area (Å²) in [6.45, 7) is 2.26. The molecule has 90 valence electrons. The highest BCUT2D eigenvalue weighted by Crippen LogP contribution is 2.08. The van der Waals surface area contributed by atoms with Crippen molar-refractivity contribution in [3.8, 4) is 0 Å². The Balaban J connectivity index is 2.35. The molecule has 2 heterocycles. The number of aryl methyl sites for hydroxylation is 2. The second kappa shape index (κ2) is 4.36. The molecule has 0 amide bonds. The van der Waals surface area contributed by atoms with Gasteiger partial charge in [0.2, 0.25) is 0 Å². The molecule has 2 rings (SSSR count). The molecule has 2 aromatic heterocycles. The average molecular weight is 235 g/mol. The Morgan fingerprint density at radius 1 is 1.53 bits per heavy atom. The van der Waals surface area contributed by atoms with Gasteiger partial charge in [-0.3, -0.25) is 0 Å². The Morgan fingerprint density at radius 3 is 2.88 bits per heavy atom. The molecular weight excluding hydrogens is 222 g/mol. The van der Waals surface area contributed by atoms with E-state index >= 15 is 0 Å². The van der Waals surface area contributed by atoms with Crippen molar-refractivity contribution >= 4 is 5.97 Å². The van der Waals surface area contributed by atoms with Crippen LogP contribution in [-0.4, -0.2) is 37.4 Å². The van der Waals surface area contributed by atoms with Crippen LogP contribution in [0.15, 0.2) is 12.5 Å². The van der Waals surface area contributed by atoms with Gasteiger partial charge in [-0.25, -0.2) is 9.78 Å². The molecule has 0 aliphatic heterocycles. The van der Waals surface area contributed by atoms with Gasteiger partial charge in [-0.2, -0.15) is 0 Å². The number of aromatic nitrogens is 5. The Morgan fingerprint density at radius 2 is 2.29 bits per heavy atom. The van der Waals surface area contributed by atoms with E-state index in [2.05, 4.69) is 15.2 Å². The largest absolute Gasteiger partial charge is 0.464 e. The lowest BCUT2D eigenvalue weighted by molar-refractivity contribution is 0.0588. The number of carbonyl (C=O) groups excluding carboxylic acids is 1. The van der Waals surface area contributed by atoms with Crippen LogP contribution in [0.3, 0.4) is 0 Å². The summed E-state index contributed by atoms with van der Waals surface area (Å²) < 4.78 is 8.24. The fraction of sp³-hybridized carbons (Fsp3) is 0.400. The van der Waals surface area contributed by atoms with Crippen LogP contribution in [0.1, 0.15) is 22.1 Å². The number of nitrogens with zero attached hydrogens (tertiary/aromatic N) is 5. The number of ether oxygens (including phenoxy) is 1. The smallest absolute Gasteiger partial charge is 0.356 e. The summed E-state index contributed by atoms with van der Waals surface area (Å²) in [6.07, 6.45) is 3.11. The number of hydrogen-bond donors (Lipinski definition) is 0. The van der Waals surface area contributed by atoms with Gasteiger partial charge in [-0.05, 0) is 6.92 Å². The number of hydrogen-bond acceptors (Lipinski definition) is 5. The van der Waals surface area contributed by atoms with Gasteiger partial charge in [-0.15, -0.1) is 10.2 Å². The van der Waals surface area contributed by atoms with Crippen LogP contribution in [0.5, 0.6) is 0 Å². The zero-order valence-electron chi connectivity index (χ0n) is 9.91. The summed E-state index contributed by atoms with van der Waals surface area (Å²) in [5.74, 6) is 1.07. The minimum atomic E-state index is -0.409. The number of rotatable bonds is 3. The molecule has 17 heavy (non-hydrogen) atoms. The lowest BCUT2D eigenvalue weighted by atomic mass is 10.4. The fourth-order valence-electron chi connectivity index (χ4n) is 1.53. The molecule has 0 N–H and O–H groups in total. The van der Waals surface area contributed by atoms with E-state index in [-0.39, 0.29) is 0 Å². The topological polar surface area (TPSA) is 74.8 Å². The summed E-state index contributed by atoms with van der Waals surface area (Å²) in [6, 6.07) is 0. The maximum atomic E-state index is 11.5. The molecule has 2 aromatic rings. The van der Waals surface area contributed by atoms with E-state index in [1.165, 1.54) is 13.3 Å². The first-order valence-electron chi connectivity index (χ1n) is 5.06. The van der Waals surface area contributed by atoms with Crippen LogP contribution in [-0.2, 0) is 18.3 Å². The molecule has 0 aliphatic rings. The molecule has 0 atom stereocenters. The number of esters is 1. The number of imidazole rings is 1. The first kappa shape index (κ1) is 11.3. The van der Waals surface area contributed by atoms with Gasteiger partial charge in [0, 0.05) is 7.05 Å². The first-order valence-corrected chi connectivity index (χ1v) is 5.06. The summed E-state index contributed by atoms with van der Waals surface area (Å²) in [5, 5.41) is 7.76. The van der Waals surface area contributed by atoms with Gasteiger partial charge in [0.1, 0.15) is 17.8 Å². The monoisotopic (exact) mass is 235 g/mol. The predicted octanol–water partition coefficient (Wildman–Crippen LogP) is 0.155. The molecule has 0 spiro atoms. The Kier molecular flexibility index (Phi) is 2.90. The van der Waals surface area contributed by atoms with Crippen molar-refractivity contribution in [1.82, 2.24) is 24.3 Å². The van der Waals surface area contributed by atoms with Gasteiger partial charge in [0.05, 0.1) is 19.9 Å². The third-order valence-corrected chi connectivity index (χ3v) is 2.55. The van der Waals surface area contributed by atoms with Crippen LogP contribution >= 0.6 is 0 Å². The molecule has 0 radical (unpaired) electrons. The minimum absolute atomic E-state index is 0.409. The van der Waals surface area contributed by atoms with Crippen LogP contribution in [0.2, 0.25) is 0 Å². The summed E-state index contributed by atoms with van der Waals surface area (Å²) in [5.41, 5.74) is 0.410. The SMILES string of the molecule is COC(=O)c1cnc(C)n1Cc1nncn1C. The Bertz CT molecular complexity index is 543. The maximum absolute atomic E-state index is 11.5. The summed E-state index contributed by atoms with van der Waals surface area (Å²) in [7, 11) is 3.19. The molecule has 0 aromatic carbocycles. The zero-order valence-corrected chi connectivity index (χ0v) is 9.91. The summed E-state index contributed by atoms with van der Waals surface area (Å²) >= 11 is 0. The molecule has 7 heteroatoms. The molecular formula is C10H13N5O2. The van der Waals surface area contributed by atoms with E-state index in [4.69, 9.17) is 4.74 Å². The highest BCUT2D eigenvalue weighted by Gasteiger charge is 2.16. The minimum Gasteiger partial charge on any atom is -0.464 e. The van der Waals surface area contributed by atoms with Crippen molar-refractivity contribution in [2.24, 2.45) is 7.05 Å². The van der Waals surface area contributed by atoms with Crippen molar-refractivity contribution in [1.29, 1.82) is 0 Å². The molecule has 0 aliphatic carbocycles. The van der Waals surface area contributed by atoms with Crippen LogP contribution in [0, 0.1) is 6.92 Å². The van der Waals surface area contributed by atoms with Crippen molar-refractivity contribution in [3.05, 3.63) is 29.9 Å². The Labute approximate surface area is 98.1 Å². The predicted molar refractivity (Wildman–Crippen MR) is 58.4 cm³/mol. The molecule has 0 bridgehead atoms. The zero-order chi connectivity index (χ0) is 12.4. The van der Waals surface area contributed by atoms with E-state index in [9.17, 15) is 4.79 Å². The lowest BCUT2D eigenvalue weighted by Gasteiger charge is -2.08. The fourth-order valence-corrected chi connectivity index (χ4v) is 1.53. The average Bonchev–Trinajstić information content (AvgIpc) is 2.87. The lowest BCUT2D eigenvalue weighted by Crippen LogP contribution is -2.14. The van der Waals surface area contributed by atoms with Crippen molar-refractivity contribution in [3.63, 3.8) is 0 Å². The van der Waals surface area contributed by atoms with E-state index in [0.29, 0.717) is 12.2 Å². The Hall–Kier alpha value is -2.18. The van der Waals surface area contributed by atoms with E-state index in [1.807, 2.05) is 14.0 Å². The molecule has 0 unspecified atom stereocenters. The molecule has 0 fully saturated rings. The van der Waals surface area contributed by atoms with Crippen molar-refractivity contribution in [2.45, 2.75) is 13.5 Å². The summed E-state index contributed by atoms with van der Waals surface area (Å²) in [4.78, 5) is 15.6. The second-order valence-corrected chi connectivity index (χ2v) is 3.63. The van der Waals surface area contributed by atoms with Gasteiger partial charge in [0.25, 0.3) is 0 Å². The number of carbonyl (C=O) groups is 1. The normalized spacial score (nSPS) is 10.5. The third kappa shape index (κ3) is 2.03. The van der Waals surface area contributed by atoms with Crippen molar-refractivity contribution < 1.29 is 9.53 Å². The van der Waals surface area contributed by atoms with E-state index < -0.39 is 5.97 Å². The van der Waals surface area contributed by atoms with E-state index in [1.54, 1.807) is 15.5 Å². The molecule has 0 saturated carbocycles. The second-order valence-electron chi connectivity index (χ2n) is 3.63. The molecule has 0 saturated heterocycles. The highest BCUT2D eigenvalue weighted by molar-refractivity contribution is 5.87. The van der Waals surface area contributed by atoms with E-state index in [0.717, 1.165) is 11.6 Å². The first-order chi connectivity index (χ1) is 8.13. The maximum Gasteiger partial charge on any atom is 0.356 e.